The van der Waals surface area contributed by atoms with Crippen molar-refractivity contribution in [2.75, 3.05) is 66.9 Å². The Bertz CT molecular complexity index is 1080. The lowest BCUT2D eigenvalue weighted by molar-refractivity contribution is 0.588. The fourth-order valence-corrected chi connectivity index (χ4v) is 4.08. The number of nitrogens with one attached hydrogen (secondary N) is 3. The average Bonchev–Trinajstić information content (AvgIpc) is 2.84. The van der Waals surface area contributed by atoms with Gasteiger partial charge in [0.25, 0.3) is 0 Å². The third-order valence-electron chi connectivity index (χ3n) is 5.38. The lowest BCUT2D eigenvalue weighted by atomic mass is 10.1. The predicted molar refractivity (Wildman–Crippen MR) is 136 cm³/mol. The first-order valence-electron chi connectivity index (χ1n) is 10.6. The minimum atomic E-state index is 0.420. The van der Waals surface area contributed by atoms with Crippen molar-refractivity contribution >= 4 is 46.3 Å². The van der Waals surface area contributed by atoms with Crippen LogP contribution in [0.4, 0.5) is 23.1 Å². The van der Waals surface area contributed by atoms with E-state index in [9.17, 15) is 5.21 Å². The van der Waals surface area contributed by atoms with Gasteiger partial charge in [-0.25, -0.2) is 15.0 Å². The monoisotopic (exact) mass is 487 g/mol. The highest BCUT2D eigenvalue weighted by atomic mass is 35.5. The highest BCUT2D eigenvalue weighted by molar-refractivity contribution is 6.36. The number of hydrogen-bond donors (Lipinski definition) is 3. The lowest BCUT2D eigenvalue weighted by Crippen LogP contribution is -2.44. The predicted octanol–water partition coefficient (Wildman–Crippen LogP) is 3.71. The van der Waals surface area contributed by atoms with Crippen LogP contribution in [-0.4, -0.2) is 61.3 Å². The number of rotatable bonds is 8. The van der Waals surface area contributed by atoms with Crippen molar-refractivity contribution < 1.29 is 0 Å². The summed E-state index contributed by atoms with van der Waals surface area (Å²) in [5.74, 6) is 1.28. The van der Waals surface area contributed by atoms with Crippen molar-refractivity contribution in [2.24, 2.45) is 0 Å². The maximum Gasteiger partial charge on any atom is 0.225 e. The summed E-state index contributed by atoms with van der Waals surface area (Å²) in [5.41, 5.74) is 4.79. The third kappa shape index (κ3) is 5.75. The summed E-state index contributed by atoms with van der Waals surface area (Å²) in [4.78, 5) is 18.0. The molecule has 33 heavy (non-hydrogen) atoms. The van der Waals surface area contributed by atoms with Gasteiger partial charge in [0.15, 0.2) is 0 Å². The summed E-state index contributed by atoms with van der Waals surface area (Å²) in [6, 6.07) is 8.87. The van der Waals surface area contributed by atoms with Gasteiger partial charge in [-0.15, -0.1) is 0 Å². The Kier molecular flexibility index (Phi) is 7.66. The van der Waals surface area contributed by atoms with E-state index >= 15 is 0 Å². The standard InChI is InChI=1S/C22H25Cl2N8O/c1-31(9-8-26-20-5-3-16(30-33)13-27-20)22-28-14-19(32-10-6-25-7-11-32)21(29-22)17-4-2-15(23)12-18(17)24/h2-5,12-14,25,30H,6-11H2,1H3,(H,26,27)/q-1. The second kappa shape index (κ2) is 10.8. The van der Waals surface area contributed by atoms with E-state index in [4.69, 9.17) is 28.2 Å². The first-order chi connectivity index (χ1) is 16.0. The molecular weight excluding hydrogens is 463 g/mol. The molecular formula is C22H25Cl2N8O-. The van der Waals surface area contributed by atoms with Crippen molar-refractivity contribution in [3.8, 4) is 11.3 Å². The van der Waals surface area contributed by atoms with Crippen LogP contribution in [0.5, 0.6) is 0 Å². The van der Waals surface area contributed by atoms with Crippen LogP contribution in [0.1, 0.15) is 0 Å². The Hall–Kier alpha value is -2.85. The van der Waals surface area contributed by atoms with E-state index in [-0.39, 0.29) is 0 Å². The first-order valence-corrected chi connectivity index (χ1v) is 11.4. The molecule has 0 saturated carbocycles. The summed E-state index contributed by atoms with van der Waals surface area (Å²) in [5, 5.41) is 18.4. The lowest BCUT2D eigenvalue weighted by Gasteiger charge is -2.31. The SMILES string of the molecule is CN(CCNc1ccc(N[O-])cn1)c1ncc(N2CCNCC2)c(-c2ccc(Cl)cc2Cl)n1. The van der Waals surface area contributed by atoms with Gasteiger partial charge in [-0.1, -0.05) is 23.2 Å². The van der Waals surface area contributed by atoms with Crippen LogP contribution in [0, 0.1) is 5.21 Å². The molecule has 3 aromatic rings. The van der Waals surface area contributed by atoms with E-state index < -0.39 is 0 Å². The van der Waals surface area contributed by atoms with Gasteiger partial charge in [0.2, 0.25) is 5.95 Å². The minimum Gasteiger partial charge on any atom is -0.761 e. The molecule has 0 unspecified atom stereocenters. The number of benzene rings is 1. The number of pyridine rings is 1. The fourth-order valence-electron chi connectivity index (χ4n) is 3.58. The highest BCUT2D eigenvalue weighted by Gasteiger charge is 2.20. The van der Waals surface area contributed by atoms with Crippen molar-refractivity contribution in [3.63, 3.8) is 0 Å². The quantitative estimate of drug-likeness (QED) is 0.410. The van der Waals surface area contributed by atoms with Crippen LogP contribution in [-0.2, 0) is 0 Å². The Morgan fingerprint density at radius 1 is 1.12 bits per heavy atom. The zero-order valence-corrected chi connectivity index (χ0v) is 19.7. The molecule has 11 heteroatoms. The number of piperazine rings is 1. The maximum atomic E-state index is 10.6. The van der Waals surface area contributed by atoms with Crippen LogP contribution in [0.2, 0.25) is 10.0 Å². The zero-order valence-electron chi connectivity index (χ0n) is 18.2. The molecule has 1 aliphatic rings. The maximum absolute atomic E-state index is 10.6. The molecule has 1 saturated heterocycles. The summed E-state index contributed by atoms with van der Waals surface area (Å²) in [7, 11) is 1.94. The minimum absolute atomic E-state index is 0.420. The second-order valence-electron chi connectivity index (χ2n) is 7.65. The Morgan fingerprint density at radius 2 is 1.94 bits per heavy atom. The first kappa shape index (κ1) is 23.3. The van der Waals surface area contributed by atoms with E-state index in [1.165, 1.54) is 6.20 Å². The van der Waals surface area contributed by atoms with Crippen LogP contribution in [0.15, 0.2) is 42.7 Å². The molecule has 1 fully saturated rings. The fraction of sp³-hybridized carbons (Fsp3) is 0.318. The Morgan fingerprint density at radius 3 is 2.64 bits per heavy atom. The van der Waals surface area contributed by atoms with Crippen molar-refractivity contribution in [1.82, 2.24) is 20.3 Å². The van der Waals surface area contributed by atoms with Crippen molar-refractivity contribution in [1.29, 1.82) is 0 Å². The van der Waals surface area contributed by atoms with E-state index in [0.717, 1.165) is 43.1 Å². The molecule has 0 radical (unpaired) electrons. The van der Waals surface area contributed by atoms with Crippen LogP contribution in [0.25, 0.3) is 11.3 Å². The molecule has 1 aliphatic heterocycles. The molecule has 0 spiro atoms. The number of likely N-dealkylation sites (N-methyl/N-ethyl adjacent to an activating group) is 1. The van der Waals surface area contributed by atoms with E-state index in [2.05, 4.69) is 25.5 Å². The summed E-state index contributed by atoms with van der Waals surface area (Å²) < 4.78 is 0. The van der Waals surface area contributed by atoms with Gasteiger partial charge in [-0.05, 0) is 30.3 Å². The number of nitrogens with zero attached hydrogens (tertiary/aromatic N) is 5. The Labute approximate surface area is 202 Å². The number of aromatic nitrogens is 3. The second-order valence-corrected chi connectivity index (χ2v) is 8.49. The van der Waals surface area contributed by atoms with Gasteiger partial charge in [0.1, 0.15) is 11.5 Å². The van der Waals surface area contributed by atoms with Gasteiger partial charge < -0.3 is 31.1 Å². The highest BCUT2D eigenvalue weighted by Crippen LogP contribution is 2.36. The normalized spacial score (nSPS) is 13.6. The van der Waals surface area contributed by atoms with Crippen LogP contribution < -0.4 is 25.9 Å². The molecule has 2 aromatic heterocycles. The molecule has 3 heterocycles. The van der Waals surface area contributed by atoms with Gasteiger partial charge in [-0.2, -0.15) is 0 Å². The molecule has 3 N–H and O–H groups in total. The van der Waals surface area contributed by atoms with Gasteiger partial charge in [0.05, 0.1) is 23.1 Å². The van der Waals surface area contributed by atoms with Gasteiger partial charge >= 0.3 is 0 Å². The molecule has 1 aromatic carbocycles. The molecule has 0 amide bonds. The zero-order chi connectivity index (χ0) is 23.2. The largest absolute Gasteiger partial charge is 0.761 e. The summed E-state index contributed by atoms with van der Waals surface area (Å²) in [6.45, 7) is 4.81. The summed E-state index contributed by atoms with van der Waals surface area (Å²) >= 11 is 12.7. The smallest absolute Gasteiger partial charge is 0.225 e. The van der Waals surface area contributed by atoms with Crippen LogP contribution >= 0.6 is 23.2 Å². The topological polar surface area (TPSA) is 104 Å². The van der Waals surface area contributed by atoms with Crippen LogP contribution in [0.3, 0.4) is 0 Å². The van der Waals surface area contributed by atoms with Crippen molar-refractivity contribution in [3.05, 3.63) is 58.0 Å². The third-order valence-corrected chi connectivity index (χ3v) is 5.92. The molecule has 4 rings (SSSR count). The number of hydrogen-bond acceptors (Lipinski definition) is 9. The summed E-state index contributed by atoms with van der Waals surface area (Å²) in [6.07, 6.45) is 3.35. The van der Waals surface area contributed by atoms with Gasteiger partial charge in [0, 0.05) is 62.6 Å². The average molecular weight is 488 g/mol. The molecule has 0 atom stereocenters. The molecule has 9 nitrogen and oxygen atoms in total. The van der Waals surface area contributed by atoms with E-state index in [1.54, 1.807) is 18.2 Å². The number of halogens is 2. The van der Waals surface area contributed by atoms with E-state index in [0.29, 0.717) is 40.6 Å². The number of anilines is 4. The van der Waals surface area contributed by atoms with Gasteiger partial charge in [-0.3, -0.25) is 0 Å². The van der Waals surface area contributed by atoms with E-state index in [1.807, 2.05) is 35.8 Å². The molecule has 174 valence electrons. The molecule has 0 bridgehead atoms. The van der Waals surface area contributed by atoms with Crippen molar-refractivity contribution in [2.45, 2.75) is 0 Å². The molecule has 0 aliphatic carbocycles. The Balaban J connectivity index is 1.53.